The average Bonchev–Trinajstić information content (AvgIpc) is 3.59. The van der Waals surface area contributed by atoms with Crippen LogP contribution in [0.15, 0.2) is 59.0 Å². The number of furan rings is 1. The number of halogens is 1. The summed E-state index contributed by atoms with van der Waals surface area (Å²) in [4.78, 5) is 32.4. The molecule has 0 atom stereocenters. The normalized spacial score (nSPS) is 14.7. The number of carbonyl (C=O) groups is 2. The van der Waals surface area contributed by atoms with Crippen LogP contribution in [0.2, 0.25) is 0 Å². The van der Waals surface area contributed by atoms with Crippen LogP contribution in [0.3, 0.4) is 0 Å². The van der Waals surface area contributed by atoms with Gasteiger partial charge >= 0.3 is 6.03 Å². The molecule has 0 radical (unpaired) electrons. The largest absolute Gasteiger partial charge is 0.464 e. The molecule has 2 aliphatic heterocycles. The predicted molar refractivity (Wildman–Crippen MR) is 145 cm³/mol. The van der Waals surface area contributed by atoms with Crippen LogP contribution in [-0.2, 0) is 22.6 Å². The number of fused-ring (bicyclic) bond motifs is 1. The fourth-order valence-electron chi connectivity index (χ4n) is 4.62. The van der Waals surface area contributed by atoms with Gasteiger partial charge < -0.3 is 33.7 Å². The molecular weight excluding hydrogens is 519 g/mol. The van der Waals surface area contributed by atoms with E-state index in [1.807, 2.05) is 37.3 Å². The topological polar surface area (TPSA) is 96.7 Å². The number of amides is 3. The summed E-state index contributed by atoms with van der Waals surface area (Å²) in [7, 11) is 0. The predicted octanol–water partition coefficient (Wildman–Crippen LogP) is 3.85. The number of anilines is 1. The molecule has 212 valence electrons. The van der Waals surface area contributed by atoms with Gasteiger partial charge in [-0.25, -0.2) is 9.18 Å². The summed E-state index contributed by atoms with van der Waals surface area (Å²) in [6, 6.07) is 14.4. The number of urea groups is 1. The summed E-state index contributed by atoms with van der Waals surface area (Å²) >= 11 is 0. The smallest absolute Gasteiger partial charge is 0.322 e. The maximum atomic E-state index is 13.8. The van der Waals surface area contributed by atoms with Crippen molar-refractivity contribution in [2.75, 3.05) is 58.0 Å². The number of nitrogens with zero attached hydrogens (tertiary/aromatic N) is 3. The van der Waals surface area contributed by atoms with Crippen LogP contribution in [0.5, 0.6) is 11.5 Å². The quantitative estimate of drug-likeness (QED) is 0.408. The molecule has 1 N–H and O–H groups in total. The minimum absolute atomic E-state index is 0.158. The molecule has 1 aromatic heterocycles. The number of ether oxygens (including phenoxy) is 3. The van der Waals surface area contributed by atoms with Crippen LogP contribution >= 0.6 is 0 Å². The van der Waals surface area contributed by atoms with E-state index in [1.54, 1.807) is 11.0 Å². The Morgan fingerprint density at radius 1 is 0.975 bits per heavy atom. The second-order valence-corrected chi connectivity index (χ2v) is 9.77. The third-order valence-electron chi connectivity index (χ3n) is 6.78. The fourth-order valence-corrected chi connectivity index (χ4v) is 4.62. The first-order valence-electron chi connectivity index (χ1n) is 13.3. The maximum Gasteiger partial charge on any atom is 0.322 e. The molecular formula is C29H33FN4O6. The number of rotatable bonds is 10. The first-order valence-corrected chi connectivity index (χ1v) is 13.3. The first-order chi connectivity index (χ1) is 19.4. The molecule has 0 unspecified atom stereocenters. The van der Waals surface area contributed by atoms with Crippen LogP contribution in [0.1, 0.15) is 17.1 Å². The second kappa shape index (κ2) is 12.8. The molecule has 1 saturated heterocycles. The Bertz CT molecular complexity index is 1330. The Kier molecular flexibility index (Phi) is 8.82. The molecule has 11 heteroatoms. The third kappa shape index (κ3) is 7.30. The van der Waals surface area contributed by atoms with Gasteiger partial charge in [0.15, 0.2) is 11.5 Å². The van der Waals surface area contributed by atoms with Crippen molar-refractivity contribution in [3.8, 4) is 11.5 Å². The number of aryl methyl sites for hydroxylation is 1. The van der Waals surface area contributed by atoms with Gasteiger partial charge in [0.2, 0.25) is 12.7 Å². The molecule has 3 heterocycles. The van der Waals surface area contributed by atoms with E-state index in [0.29, 0.717) is 49.2 Å². The van der Waals surface area contributed by atoms with Gasteiger partial charge in [-0.15, -0.1) is 0 Å². The van der Waals surface area contributed by atoms with Crippen molar-refractivity contribution in [1.82, 2.24) is 14.7 Å². The molecule has 3 amide bonds. The Morgan fingerprint density at radius 3 is 2.58 bits per heavy atom. The summed E-state index contributed by atoms with van der Waals surface area (Å²) in [5, 5.41) is 2.73. The molecule has 0 saturated carbocycles. The maximum absolute atomic E-state index is 13.8. The molecule has 0 spiro atoms. The van der Waals surface area contributed by atoms with E-state index in [-0.39, 0.29) is 32.3 Å². The first kappa shape index (κ1) is 27.5. The van der Waals surface area contributed by atoms with Gasteiger partial charge in [-0.3, -0.25) is 9.69 Å². The number of carbonyl (C=O) groups excluding carboxylic acids is 2. The van der Waals surface area contributed by atoms with Gasteiger partial charge in [-0.1, -0.05) is 12.1 Å². The number of benzene rings is 2. The van der Waals surface area contributed by atoms with Crippen molar-refractivity contribution in [3.05, 3.63) is 77.5 Å². The molecule has 5 rings (SSSR count). The molecule has 2 aromatic carbocycles. The molecule has 2 aliphatic rings. The minimum atomic E-state index is -0.482. The van der Waals surface area contributed by atoms with E-state index < -0.39 is 11.8 Å². The lowest BCUT2D eigenvalue weighted by Crippen LogP contribution is -2.48. The van der Waals surface area contributed by atoms with Gasteiger partial charge in [0, 0.05) is 38.4 Å². The fraction of sp³-hybridized carbons (Fsp3) is 0.379. The van der Waals surface area contributed by atoms with Crippen molar-refractivity contribution in [1.29, 1.82) is 0 Å². The lowest BCUT2D eigenvalue weighted by atomic mass is 10.2. The average molecular weight is 553 g/mol. The van der Waals surface area contributed by atoms with Gasteiger partial charge in [0.05, 0.1) is 19.8 Å². The van der Waals surface area contributed by atoms with Gasteiger partial charge in [0.1, 0.15) is 23.9 Å². The molecule has 3 aromatic rings. The van der Waals surface area contributed by atoms with Crippen molar-refractivity contribution in [2.24, 2.45) is 0 Å². The Morgan fingerprint density at radius 2 is 1.80 bits per heavy atom. The van der Waals surface area contributed by atoms with Gasteiger partial charge in [-0.2, -0.15) is 0 Å². The number of hydrogen-bond donors (Lipinski definition) is 1. The zero-order valence-electron chi connectivity index (χ0n) is 22.4. The Hall–Kier alpha value is -4.09. The van der Waals surface area contributed by atoms with Gasteiger partial charge in [0.25, 0.3) is 0 Å². The summed E-state index contributed by atoms with van der Waals surface area (Å²) in [6.07, 6.45) is 0. The minimum Gasteiger partial charge on any atom is -0.464 e. The van der Waals surface area contributed by atoms with Crippen LogP contribution in [0.25, 0.3) is 0 Å². The lowest BCUT2D eigenvalue weighted by Gasteiger charge is -2.31. The third-order valence-corrected chi connectivity index (χ3v) is 6.78. The monoisotopic (exact) mass is 552 g/mol. The summed E-state index contributed by atoms with van der Waals surface area (Å²) in [6.45, 7) is 5.97. The lowest BCUT2D eigenvalue weighted by molar-refractivity contribution is -0.133. The van der Waals surface area contributed by atoms with Crippen LogP contribution in [0.4, 0.5) is 14.9 Å². The molecule has 10 nitrogen and oxygen atoms in total. The van der Waals surface area contributed by atoms with Gasteiger partial charge in [-0.05, 0) is 55.0 Å². The molecule has 0 aliphatic carbocycles. The molecule has 1 fully saturated rings. The van der Waals surface area contributed by atoms with Crippen molar-refractivity contribution in [3.63, 3.8) is 0 Å². The number of morpholine rings is 1. The van der Waals surface area contributed by atoms with E-state index in [0.717, 1.165) is 24.4 Å². The van der Waals surface area contributed by atoms with E-state index >= 15 is 0 Å². The standard InChI is InChI=1S/C29H33FN4O6/c1-21-5-7-25(40-21)18-34(17-22-6-8-26-27(15-22)39-20-38-26)28(35)19-33(10-9-32-11-13-37-14-12-32)29(36)31-24-4-2-3-23(30)16-24/h2-8,15-16H,9-14,17-20H2,1H3,(H,31,36). The SMILES string of the molecule is Cc1ccc(CN(Cc2ccc3c(c2)OCO3)C(=O)CN(CCN2CCOCC2)C(=O)Nc2cccc(F)c2)o1. The van der Waals surface area contributed by atoms with Crippen molar-refractivity contribution in [2.45, 2.75) is 20.0 Å². The van der Waals surface area contributed by atoms with Crippen molar-refractivity contribution >= 4 is 17.6 Å². The summed E-state index contributed by atoms with van der Waals surface area (Å²) in [5.74, 6) is 1.94. The molecule has 0 bridgehead atoms. The summed E-state index contributed by atoms with van der Waals surface area (Å²) < 4.78 is 35.9. The van der Waals surface area contributed by atoms with Crippen molar-refractivity contribution < 1.29 is 32.6 Å². The van der Waals surface area contributed by atoms with Crippen LogP contribution in [-0.4, -0.2) is 79.4 Å². The van der Waals surface area contributed by atoms with E-state index in [2.05, 4.69) is 10.2 Å². The zero-order chi connectivity index (χ0) is 27.9. The Labute approximate surface area is 232 Å². The highest BCUT2D eigenvalue weighted by atomic mass is 19.1. The highest BCUT2D eigenvalue weighted by Gasteiger charge is 2.25. The van der Waals surface area contributed by atoms with E-state index in [1.165, 1.54) is 23.1 Å². The highest BCUT2D eigenvalue weighted by Crippen LogP contribution is 2.33. The van der Waals surface area contributed by atoms with E-state index in [9.17, 15) is 14.0 Å². The number of hydrogen-bond acceptors (Lipinski definition) is 7. The second-order valence-electron chi connectivity index (χ2n) is 9.77. The van der Waals surface area contributed by atoms with Crippen LogP contribution < -0.4 is 14.8 Å². The Balaban J connectivity index is 1.33. The molecule has 40 heavy (non-hydrogen) atoms. The van der Waals surface area contributed by atoms with Crippen LogP contribution in [0, 0.1) is 12.7 Å². The highest BCUT2D eigenvalue weighted by molar-refractivity contribution is 5.92. The zero-order valence-corrected chi connectivity index (χ0v) is 22.4. The summed E-state index contributed by atoms with van der Waals surface area (Å²) in [5.41, 5.74) is 1.17. The van der Waals surface area contributed by atoms with E-state index in [4.69, 9.17) is 18.6 Å². The number of nitrogens with one attached hydrogen (secondary N) is 1.